The van der Waals surface area contributed by atoms with Crippen molar-refractivity contribution in [1.82, 2.24) is 39.6 Å². The normalized spacial score (nSPS) is 21.8. The third-order valence-electron chi connectivity index (χ3n) is 8.67. The van der Waals surface area contributed by atoms with Gasteiger partial charge in [-0.2, -0.15) is 19.7 Å². The SMILES string of the molecule is Cc1nc2nc(C)c(OC3CCN(c4ccc(-c5ccc(CN6CCN7CCC[C@@H]7C6)nn5)cc4)C3)c(C)n2n1. The molecule has 7 rings (SSSR count). The van der Waals surface area contributed by atoms with E-state index in [-0.39, 0.29) is 6.10 Å². The monoisotopic (exact) mass is 539 g/mol. The van der Waals surface area contributed by atoms with Crippen molar-refractivity contribution in [2.75, 3.05) is 44.2 Å². The van der Waals surface area contributed by atoms with Gasteiger partial charge < -0.3 is 9.64 Å². The van der Waals surface area contributed by atoms with Crippen LogP contribution in [0.4, 0.5) is 5.69 Å². The molecule has 3 saturated heterocycles. The highest BCUT2D eigenvalue weighted by atomic mass is 16.5. The van der Waals surface area contributed by atoms with Crippen LogP contribution in [0.25, 0.3) is 17.0 Å². The van der Waals surface area contributed by atoms with Gasteiger partial charge in [-0.25, -0.2) is 4.98 Å². The zero-order valence-electron chi connectivity index (χ0n) is 23.6. The molecular weight excluding hydrogens is 502 g/mol. The summed E-state index contributed by atoms with van der Waals surface area (Å²) in [5.74, 6) is 2.14. The molecule has 40 heavy (non-hydrogen) atoms. The summed E-state index contributed by atoms with van der Waals surface area (Å²) in [5.41, 5.74) is 6.03. The number of ether oxygens (including phenoxy) is 1. The van der Waals surface area contributed by atoms with Crippen LogP contribution in [0.3, 0.4) is 0 Å². The van der Waals surface area contributed by atoms with Crippen LogP contribution in [0.2, 0.25) is 0 Å². The molecule has 2 atom stereocenters. The Morgan fingerprint density at radius 1 is 0.875 bits per heavy atom. The molecule has 3 aliphatic rings. The lowest BCUT2D eigenvalue weighted by atomic mass is 10.1. The Labute approximate surface area is 235 Å². The van der Waals surface area contributed by atoms with E-state index in [1.807, 2.05) is 20.8 Å². The van der Waals surface area contributed by atoms with Crippen molar-refractivity contribution in [1.29, 1.82) is 0 Å². The van der Waals surface area contributed by atoms with Crippen LogP contribution in [0, 0.1) is 20.8 Å². The van der Waals surface area contributed by atoms with Gasteiger partial charge in [0.2, 0.25) is 0 Å². The van der Waals surface area contributed by atoms with E-state index in [2.05, 4.69) is 76.4 Å². The molecule has 0 N–H and O–H groups in total. The van der Waals surface area contributed by atoms with Crippen molar-refractivity contribution in [3.05, 3.63) is 59.3 Å². The average Bonchev–Trinajstić information content (AvgIpc) is 3.71. The molecule has 0 spiro atoms. The summed E-state index contributed by atoms with van der Waals surface area (Å²) in [4.78, 5) is 16.5. The number of aromatic nitrogens is 6. The van der Waals surface area contributed by atoms with Crippen molar-refractivity contribution in [3.63, 3.8) is 0 Å². The molecule has 0 aliphatic carbocycles. The number of piperazine rings is 1. The Kier molecular flexibility index (Phi) is 6.59. The summed E-state index contributed by atoms with van der Waals surface area (Å²) in [6.07, 6.45) is 3.73. The standard InChI is InChI=1S/C30H37N9O/c1-20-29(21(2)39-30(31-20)32-22(3)35-39)40-27-12-14-38(19-27)25-9-6-23(7-10-25)28-11-8-24(33-34-28)17-36-15-16-37-13-4-5-26(37)18-36/h6-11,26-27H,4-5,12-19H2,1-3H3/t26-,27?/m1/s1. The van der Waals surface area contributed by atoms with Gasteiger partial charge in [-0.1, -0.05) is 12.1 Å². The summed E-state index contributed by atoms with van der Waals surface area (Å²) < 4.78 is 8.24. The number of rotatable bonds is 6. The lowest BCUT2D eigenvalue weighted by Crippen LogP contribution is -2.49. The number of benzene rings is 1. The number of hydrogen-bond donors (Lipinski definition) is 0. The van der Waals surface area contributed by atoms with Crippen molar-refractivity contribution in [2.45, 2.75) is 58.7 Å². The first-order valence-electron chi connectivity index (χ1n) is 14.5. The Morgan fingerprint density at radius 2 is 1.75 bits per heavy atom. The molecule has 1 unspecified atom stereocenters. The van der Waals surface area contributed by atoms with Crippen molar-refractivity contribution >= 4 is 11.5 Å². The van der Waals surface area contributed by atoms with Gasteiger partial charge in [-0.3, -0.25) is 9.80 Å². The fourth-order valence-electron chi connectivity index (χ4n) is 6.53. The van der Waals surface area contributed by atoms with Crippen LogP contribution in [0.15, 0.2) is 36.4 Å². The number of anilines is 1. The van der Waals surface area contributed by atoms with Gasteiger partial charge in [0, 0.05) is 56.4 Å². The molecule has 0 radical (unpaired) electrons. The van der Waals surface area contributed by atoms with Crippen LogP contribution in [0.5, 0.6) is 5.75 Å². The highest BCUT2D eigenvalue weighted by molar-refractivity contribution is 5.63. The molecule has 3 aliphatic heterocycles. The van der Waals surface area contributed by atoms with E-state index >= 15 is 0 Å². The molecule has 0 saturated carbocycles. The maximum absolute atomic E-state index is 6.47. The van der Waals surface area contributed by atoms with Crippen LogP contribution in [-0.2, 0) is 6.54 Å². The van der Waals surface area contributed by atoms with Crippen LogP contribution in [0.1, 0.15) is 42.2 Å². The lowest BCUT2D eigenvalue weighted by Gasteiger charge is -2.37. The van der Waals surface area contributed by atoms with Gasteiger partial charge in [-0.05, 0) is 64.4 Å². The minimum absolute atomic E-state index is 0.0935. The van der Waals surface area contributed by atoms with E-state index in [0.717, 1.165) is 79.3 Å². The Balaban J connectivity index is 0.969. The third kappa shape index (κ3) is 4.90. The molecule has 3 fully saturated rings. The average molecular weight is 540 g/mol. The highest BCUT2D eigenvalue weighted by Gasteiger charge is 2.30. The summed E-state index contributed by atoms with van der Waals surface area (Å²) in [5, 5.41) is 13.6. The van der Waals surface area contributed by atoms with Gasteiger partial charge in [0.1, 0.15) is 11.9 Å². The van der Waals surface area contributed by atoms with Crippen LogP contribution in [-0.4, -0.2) is 91.0 Å². The fourth-order valence-corrected chi connectivity index (χ4v) is 6.53. The number of fused-ring (bicyclic) bond motifs is 2. The summed E-state index contributed by atoms with van der Waals surface area (Å²) >= 11 is 0. The van der Waals surface area contributed by atoms with E-state index in [9.17, 15) is 0 Å². The molecule has 1 aromatic carbocycles. The zero-order chi connectivity index (χ0) is 27.2. The Hall–Kier alpha value is -3.63. The van der Waals surface area contributed by atoms with Gasteiger partial charge in [0.25, 0.3) is 5.78 Å². The maximum atomic E-state index is 6.47. The molecule has 208 valence electrons. The predicted molar refractivity (Wildman–Crippen MR) is 154 cm³/mol. The number of hydrogen-bond acceptors (Lipinski definition) is 9. The van der Waals surface area contributed by atoms with E-state index < -0.39 is 0 Å². The molecule has 10 heteroatoms. The highest BCUT2D eigenvalue weighted by Crippen LogP contribution is 2.29. The Bertz CT molecular complexity index is 1500. The molecule has 4 aromatic rings. The van der Waals surface area contributed by atoms with E-state index in [1.165, 1.54) is 31.6 Å². The molecule has 3 aromatic heterocycles. The zero-order valence-corrected chi connectivity index (χ0v) is 23.6. The second-order valence-corrected chi connectivity index (χ2v) is 11.5. The first kappa shape index (κ1) is 25.3. The minimum atomic E-state index is 0.0935. The molecule has 0 bridgehead atoms. The van der Waals surface area contributed by atoms with Gasteiger partial charge in [0.05, 0.1) is 29.3 Å². The van der Waals surface area contributed by atoms with Crippen molar-refractivity contribution in [3.8, 4) is 17.0 Å². The fraction of sp³-hybridized carbons (Fsp3) is 0.500. The predicted octanol–water partition coefficient (Wildman–Crippen LogP) is 3.44. The maximum Gasteiger partial charge on any atom is 0.253 e. The molecule has 6 heterocycles. The number of nitrogens with zero attached hydrogens (tertiary/aromatic N) is 9. The van der Waals surface area contributed by atoms with Crippen molar-refractivity contribution < 1.29 is 4.74 Å². The van der Waals surface area contributed by atoms with Crippen molar-refractivity contribution in [2.24, 2.45) is 0 Å². The first-order valence-corrected chi connectivity index (χ1v) is 14.5. The van der Waals surface area contributed by atoms with Crippen LogP contribution < -0.4 is 9.64 Å². The summed E-state index contributed by atoms with van der Waals surface area (Å²) in [7, 11) is 0. The van der Waals surface area contributed by atoms with E-state index in [0.29, 0.717) is 11.6 Å². The molecule has 10 nitrogen and oxygen atoms in total. The van der Waals surface area contributed by atoms with Gasteiger partial charge in [0.15, 0.2) is 5.75 Å². The minimum Gasteiger partial charge on any atom is -0.485 e. The second kappa shape index (κ2) is 10.4. The van der Waals surface area contributed by atoms with Crippen LogP contribution >= 0.6 is 0 Å². The number of aryl methyl sites for hydroxylation is 3. The van der Waals surface area contributed by atoms with Gasteiger partial charge >= 0.3 is 0 Å². The van der Waals surface area contributed by atoms with E-state index in [1.54, 1.807) is 4.52 Å². The smallest absolute Gasteiger partial charge is 0.253 e. The summed E-state index contributed by atoms with van der Waals surface area (Å²) in [6.45, 7) is 13.3. The second-order valence-electron chi connectivity index (χ2n) is 11.5. The summed E-state index contributed by atoms with van der Waals surface area (Å²) in [6, 6.07) is 13.6. The topological polar surface area (TPSA) is 87.8 Å². The quantitative estimate of drug-likeness (QED) is 0.366. The largest absolute Gasteiger partial charge is 0.485 e. The lowest BCUT2D eigenvalue weighted by molar-refractivity contribution is 0.0982. The Morgan fingerprint density at radius 3 is 2.58 bits per heavy atom. The van der Waals surface area contributed by atoms with Gasteiger partial charge in [-0.15, -0.1) is 5.10 Å². The molecular formula is C30H37N9O. The molecule has 0 amide bonds. The first-order chi connectivity index (χ1) is 19.5. The van der Waals surface area contributed by atoms with E-state index in [4.69, 9.17) is 4.74 Å². The third-order valence-corrected chi connectivity index (χ3v) is 8.67.